The molecule has 0 aliphatic heterocycles. The topological polar surface area (TPSA) is 17.3 Å². The van der Waals surface area contributed by atoms with Crippen molar-refractivity contribution in [3.05, 3.63) is 36.3 Å². The van der Waals surface area contributed by atoms with E-state index < -0.39 is 0 Å². The van der Waals surface area contributed by atoms with E-state index in [2.05, 4.69) is 9.38 Å². The minimum Gasteiger partial charge on any atom is -0.304 e. The summed E-state index contributed by atoms with van der Waals surface area (Å²) < 4.78 is 2.06. The quantitative estimate of drug-likeness (QED) is 0.582. The summed E-state index contributed by atoms with van der Waals surface area (Å²) in [5.74, 6) is 0. The van der Waals surface area contributed by atoms with Crippen molar-refractivity contribution in [2.45, 2.75) is 20.8 Å². The summed E-state index contributed by atoms with van der Waals surface area (Å²) in [7, 11) is 0. The maximum Gasteiger partial charge on any atom is 0.136 e. The van der Waals surface area contributed by atoms with Gasteiger partial charge in [-0.05, 0) is 19.1 Å². The van der Waals surface area contributed by atoms with Crippen molar-refractivity contribution >= 4 is 5.65 Å². The van der Waals surface area contributed by atoms with Gasteiger partial charge in [0.25, 0.3) is 0 Å². The molecule has 0 unspecified atom stereocenters. The maximum absolute atomic E-state index is 4.18. The van der Waals surface area contributed by atoms with Gasteiger partial charge in [-0.3, -0.25) is 0 Å². The first-order valence-electron chi connectivity index (χ1n) is 4.26. The molecule has 2 nitrogen and oxygen atoms in total. The van der Waals surface area contributed by atoms with Crippen molar-refractivity contribution < 1.29 is 0 Å². The highest BCUT2D eigenvalue weighted by Crippen LogP contribution is 2.02. The summed E-state index contributed by atoms with van der Waals surface area (Å²) in [6.45, 7) is 6.04. The summed E-state index contributed by atoms with van der Waals surface area (Å²) in [6.07, 6.45) is 3.88. The summed E-state index contributed by atoms with van der Waals surface area (Å²) in [6, 6.07) is 5.98. The van der Waals surface area contributed by atoms with Crippen molar-refractivity contribution in [1.29, 1.82) is 0 Å². The monoisotopic (exact) mass is 162 g/mol. The second-order valence-electron chi connectivity index (χ2n) is 2.33. The minimum atomic E-state index is 1.01. The second kappa shape index (κ2) is 3.90. The van der Waals surface area contributed by atoms with Crippen LogP contribution in [0.15, 0.2) is 30.6 Å². The molecular weight excluding hydrogens is 148 g/mol. The molecule has 12 heavy (non-hydrogen) atoms. The van der Waals surface area contributed by atoms with E-state index in [0.717, 1.165) is 5.65 Å². The van der Waals surface area contributed by atoms with Crippen LogP contribution in [0, 0.1) is 6.92 Å². The maximum atomic E-state index is 4.18. The molecule has 0 fully saturated rings. The molecule has 0 radical (unpaired) electrons. The third-order valence-corrected chi connectivity index (χ3v) is 1.60. The SMILES string of the molecule is CC.Cc1cnc2ccccn12. The van der Waals surface area contributed by atoms with Crippen molar-refractivity contribution in [3.8, 4) is 0 Å². The molecule has 0 N–H and O–H groups in total. The molecule has 2 heterocycles. The lowest BCUT2D eigenvalue weighted by Crippen LogP contribution is -1.83. The zero-order valence-electron chi connectivity index (χ0n) is 7.78. The van der Waals surface area contributed by atoms with Crippen LogP contribution in [0.25, 0.3) is 5.65 Å². The van der Waals surface area contributed by atoms with Crippen LogP contribution < -0.4 is 0 Å². The van der Waals surface area contributed by atoms with Crippen LogP contribution in [-0.2, 0) is 0 Å². The first-order valence-corrected chi connectivity index (χ1v) is 4.26. The van der Waals surface area contributed by atoms with Gasteiger partial charge in [0.1, 0.15) is 5.65 Å². The van der Waals surface area contributed by atoms with Crippen LogP contribution in [0.2, 0.25) is 0 Å². The molecular formula is C10H14N2. The first kappa shape index (κ1) is 8.78. The standard InChI is InChI=1S/C8H8N2.C2H6/c1-7-6-9-8-4-2-3-5-10(7)8;1-2/h2-6H,1H3;1-2H3. The smallest absolute Gasteiger partial charge is 0.136 e. The van der Waals surface area contributed by atoms with Gasteiger partial charge in [0.05, 0.1) is 0 Å². The van der Waals surface area contributed by atoms with Gasteiger partial charge >= 0.3 is 0 Å². The Morgan fingerprint density at radius 3 is 2.67 bits per heavy atom. The molecule has 0 bridgehead atoms. The number of aromatic nitrogens is 2. The molecule has 0 aromatic carbocycles. The van der Waals surface area contributed by atoms with E-state index in [9.17, 15) is 0 Å². The third-order valence-electron chi connectivity index (χ3n) is 1.60. The van der Waals surface area contributed by atoms with Crippen molar-refractivity contribution in [3.63, 3.8) is 0 Å². The Morgan fingerprint density at radius 1 is 1.25 bits per heavy atom. The Kier molecular flexibility index (Phi) is 2.86. The normalized spacial score (nSPS) is 9.25. The summed E-state index contributed by atoms with van der Waals surface area (Å²) >= 11 is 0. The second-order valence-corrected chi connectivity index (χ2v) is 2.33. The number of hydrogen-bond donors (Lipinski definition) is 0. The zero-order valence-corrected chi connectivity index (χ0v) is 7.78. The number of nitrogens with zero attached hydrogens (tertiary/aromatic N) is 2. The predicted octanol–water partition coefficient (Wildman–Crippen LogP) is 2.67. The largest absolute Gasteiger partial charge is 0.304 e. The van der Waals surface area contributed by atoms with Crippen LogP contribution in [0.4, 0.5) is 0 Å². The number of fused-ring (bicyclic) bond motifs is 1. The van der Waals surface area contributed by atoms with Crippen LogP contribution in [0.5, 0.6) is 0 Å². The molecule has 2 aromatic heterocycles. The van der Waals surface area contributed by atoms with Crippen LogP contribution in [0.1, 0.15) is 19.5 Å². The molecule has 0 saturated carbocycles. The Bertz CT molecular complexity index is 349. The summed E-state index contributed by atoms with van der Waals surface area (Å²) in [4.78, 5) is 4.18. The Labute approximate surface area is 72.9 Å². The van der Waals surface area contributed by atoms with Crippen LogP contribution in [-0.4, -0.2) is 9.38 Å². The Morgan fingerprint density at radius 2 is 2.00 bits per heavy atom. The highest BCUT2D eigenvalue weighted by Gasteiger charge is 1.93. The fourth-order valence-electron chi connectivity index (χ4n) is 1.06. The van der Waals surface area contributed by atoms with E-state index in [-0.39, 0.29) is 0 Å². The van der Waals surface area contributed by atoms with Crippen LogP contribution >= 0.6 is 0 Å². The van der Waals surface area contributed by atoms with Gasteiger partial charge in [0.15, 0.2) is 0 Å². The number of aryl methyl sites for hydroxylation is 1. The van der Waals surface area contributed by atoms with Gasteiger partial charge in [0.2, 0.25) is 0 Å². The molecule has 0 aliphatic rings. The van der Waals surface area contributed by atoms with E-state index >= 15 is 0 Å². The number of imidazole rings is 1. The summed E-state index contributed by atoms with van der Waals surface area (Å²) in [5, 5.41) is 0. The zero-order chi connectivity index (χ0) is 8.97. The van der Waals surface area contributed by atoms with Gasteiger partial charge in [-0.15, -0.1) is 0 Å². The Balaban J connectivity index is 0.000000336. The third kappa shape index (κ3) is 1.47. The fourth-order valence-corrected chi connectivity index (χ4v) is 1.06. The molecule has 0 saturated heterocycles. The van der Waals surface area contributed by atoms with Gasteiger partial charge < -0.3 is 4.40 Å². The predicted molar refractivity (Wildman–Crippen MR) is 51.3 cm³/mol. The molecule has 0 amide bonds. The van der Waals surface area contributed by atoms with E-state index in [1.165, 1.54) is 5.69 Å². The molecule has 64 valence electrons. The minimum absolute atomic E-state index is 1.01. The van der Waals surface area contributed by atoms with E-state index in [1.54, 1.807) is 0 Å². The molecule has 2 heteroatoms. The van der Waals surface area contributed by atoms with Crippen molar-refractivity contribution in [2.75, 3.05) is 0 Å². The fraction of sp³-hybridized carbons (Fsp3) is 0.300. The highest BCUT2D eigenvalue weighted by atomic mass is 15.0. The number of hydrogen-bond acceptors (Lipinski definition) is 1. The average Bonchev–Trinajstić information content (AvgIpc) is 2.53. The van der Waals surface area contributed by atoms with E-state index in [4.69, 9.17) is 0 Å². The average molecular weight is 162 g/mol. The van der Waals surface area contributed by atoms with Gasteiger partial charge in [-0.1, -0.05) is 19.9 Å². The van der Waals surface area contributed by atoms with Crippen molar-refractivity contribution in [2.24, 2.45) is 0 Å². The van der Waals surface area contributed by atoms with E-state index in [1.807, 2.05) is 51.4 Å². The molecule has 2 aromatic rings. The lowest BCUT2D eigenvalue weighted by atomic mass is 10.4. The lowest BCUT2D eigenvalue weighted by Gasteiger charge is -1.91. The molecule has 0 aliphatic carbocycles. The lowest BCUT2D eigenvalue weighted by molar-refractivity contribution is 1.11. The summed E-state index contributed by atoms with van der Waals surface area (Å²) in [5.41, 5.74) is 2.19. The van der Waals surface area contributed by atoms with Crippen LogP contribution in [0.3, 0.4) is 0 Å². The van der Waals surface area contributed by atoms with Gasteiger partial charge in [0, 0.05) is 18.1 Å². The number of pyridine rings is 1. The van der Waals surface area contributed by atoms with Crippen molar-refractivity contribution in [1.82, 2.24) is 9.38 Å². The van der Waals surface area contributed by atoms with Gasteiger partial charge in [-0.2, -0.15) is 0 Å². The Hall–Kier alpha value is -1.31. The highest BCUT2D eigenvalue weighted by molar-refractivity contribution is 5.39. The number of rotatable bonds is 0. The molecule has 2 rings (SSSR count). The molecule has 0 spiro atoms. The van der Waals surface area contributed by atoms with Gasteiger partial charge in [-0.25, -0.2) is 4.98 Å². The molecule has 0 atom stereocenters. The van der Waals surface area contributed by atoms with E-state index in [0.29, 0.717) is 0 Å². The first-order chi connectivity index (χ1) is 5.88.